The van der Waals surface area contributed by atoms with Gasteiger partial charge in [0.2, 0.25) is 0 Å². The summed E-state index contributed by atoms with van der Waals surface area (Å²) in [7, 11) is 3.77. The first kappa shape index (κ1) is 10.6. The fourth-order valence-corrected chi connectivity index (χ4v) is 1.82. The second-order valence-electron chi connectivity index (χ2n) is 3.97. The number of hydrogen-bond donors (Lipinski definition) is 1. The summed E-state index contributed by atoms with van der Waals surface area (Å²) in [6.07, 6.45) is 3.38. The summed E-state index contributed by atoms with van der Waals surface area (Å²) in [5, 5.41) is 10.9. The van der Waals surface area contributed by atoms with Gasteiger partial charge in [0.15, 0.2) is 5.82 Å². The van der Waals surface area contributed by atoms with Crippen molar-refractivity contribution in [3.63, 3.8) is 0 Å². The van der Waals surface area contributed by atoms with Crippen molar-refractivity contribution >= 4 is 16.9 Å². The Morgan fingerprint density at radius 2 is 2.17 bits per heavy atom. The maximum atomic E-state index is 4.36. The highest BCUT2D eigenvalue weighted by Crippen LogP contribution is 2.20. The van der Waals surface area contributed by atoms with Gasteiger partial charge >= 0.3 is 0 Å². The van der Waals surface area contributed by atoms with Crippen molar-refractivity contribution in [2.24, 2.45) is 7.05 Å². The van der Waals surface area contributed by atoms with Crippen LogP contribution in [0.15, 0.2) is 30.7 Å². The number of aryl methyl sites for hydroxylation is 1. The number of nitrogens with one attached hydrogen (secondary N) is 1. The van der Waals surface area contributed by atoms with Crippen LogP contribution in [0.2, 0.25) is 0 Å². The molecule has 2 heterocycles. The Labute approximate surface area is 104 Å². The summed E-state index contributed by atoms with van der Waals surface area (Å²) in [5.74, 6) is 1.29. The van der Waals surface area contributed by atoms with Gasteiger partial charge in [0.05, 0.1) is 23.6 Å². The van der Waals surface area contributed by atoms with Crippen LogP contribution in [0.1, 0.15) is 0 Å². The van der Waals surface area contributed by atoms with E-state index in [1.807, 2.05) is 29.8 Å². The molecule has 0 unspecified atom stereocenters. The summed E-state index contributed by atoms with van der Waals surface area (Å²) in [6, 6.07) is 5.94. The van der Waals surface area contributed by atoms with E-state index in [0.29, 0.717) is 11.6 Å². The molecule has 0 amide bonds. The van der Waals surface area contributed by atoms with E-state index in [0.717, 1.165) is 16.6 Å². The van der Waals surface area contributed by atoms with Crippen LogP contribution in [-0.4, -0.2) is 31.8 Å². The summed E-state index contributed by atoms with van der Waals surface area (Å²) in [4.78, 5) is 8.67. The van der Waals surface area contributed by atoms with Crippen molar-refractivity contribution in [2.45, 2.75) is 0 Å². The number of nitrogens with zero attached hydrogens (tertiary/aromatic N) is 5. The predicted octanol–water partition coefficient (Wildman–Crippen LogP) is 1.47. The van der Waals surface area contributed by atoms with E-state index in [9.17, 15) is 0 Å². The second-order valence-corrected chi connectivity index (χ2v) is 3.97. The predicted molar refractivity (Wildman–Crippen MR) is 69.1 cm³/mol. The molecule has 0 aliphatic heterocycles. The molecule has 0 bridgehead atoms. The number of benzene rings is 1. The number of fused-ring (bicyclic) bond motifs is 1. The monoisotopic (exact) mass is 240 g/mol. The standard InChI is InChI=1S/C12H12N6/c1-13-11-6-15-17-12(16-11)8-3-4-10-9(5-8)14-7-18(10)2/h3-7H,1-2H3,(H,13,16,17). The maximum Gasteiger partial charge on any atom is 0.183 e. The van der Waals surface area contributed by atoms with E-state index in [1.54, 1.807) is 19.6 Å². The van der Waals surface area contributed by atoms with Gasteiger partial charge in [-0.1, -0.05) is 0 Å². The van der Waals surface area contributed by atoms with Crippen molar-refractivity contribution in [3.05, 3.63) is 30.7 Å². The third kappa shape index (κ3) is 1.67. The number of rotatable bonds is 2. The third-order valence-corrected chi connectivity index (χ3v) is 2.80. The minimum atomic E-state index is 0.592. The van der Waals surface area contributed by atoms with Crippen LogP contribution < -0.4 is 5.32 Å². The molecule has 6 nitrogen and oxygen atoms in total. The van der Waals surface area contributed by atoms with E-state index in [-0.39, 0.29) is 0 Å². The van der Waals surface area contributed by atoms with Gasteiger partial charge in [0.1, 0.15) is 5.82 Å². The van der Waals surface area contributed by atoms with Gasteiger partial charge in [0.25, 0.3) is 0 Å². The second kappa shape index (κ2) is 4.06. The quantitative estimate of drug-likeness (QED) is 0.734. The summed E-state index contributed by atoms with van der Waals surface area (Å²) in [5.41, 5.74) is 2.91. The lowest BCUT2D eigenvalue weighted by Crippen LogP contribution is -1.98. The maximum absolute atomic E-state index is 4.36. The summed E-state index contributed by atoms with van der Waals surface area (Å²) >= 11 is 0. The Kier molecular flexibility index (Phi) is 2.40. The molecule has 90 valence electrons. The molecule has 6 heteroatoms. The molecule has 0 fully saturated rings. The zero-order valence-electron chi connectivity index (χ0n) is 10.1. The number of aromatic nitrogens is 5. The zero-order chi connectivity index (χ0) is 12.5. The molecule has 3 aromatic rings. The number of anilines is 1. The van der Waals surface area contributed by atoms with Crippen LogP contribution in [0, 0.1) is 0 Å². The molecule has 0 aliphatic carbocycles. The van der Waals surface area contributed by atoms with E-state index in [4.69, 9.17) is 0 Å². The van der Waals surface area contributed by atoms with E-state index >= 15 is 0 Å². The average molecular weight is 240 g/mol. The van der Waals surface area contributed by atoms with Crippen LogP contribution in [0.5, 0.6) is 0 Å². The zero-order valence-corrected chi connectivity index (χ0v) is 10.1. The smallest absolute Gasteiger partial charge is 0.183 e. The SMILES string of the molecule is CNc1cnnc(-c2ccc3c(c2)ncn3C)n1. The van der Waals surface area contributed by atoms with Gasteiger partial charge in [-0.25, -0.2) is 9.97 Å². The minimum Gasteiger partial charge on any atom is -0.372 e. The molecule has 2 aromatic heterocycles. The van der Waals surface area contributed by atoms with Crippen molar-refractivity contribution in [1.82, 2.24) is 24.7 Å². The molecular weight excluding hydrogens is 228 g/mol. The van der Waals surface area contributed by atoms with E-state index < -0.39 is 0 Å². The normalized spacial score (nSPS) is 10.8. The Bertz CT molecular complexity index is 703. The Balaban J connectivity index is 2.13. The largest absolute Gasteiger partial charge is 0.372 e. The highest BCUT2D eigenvalue weighted by Gasteiger charge is 2.06. The number of imidazole rings is 1. The summed E-state index contributed by atoms with van der Waals surface area (Å²) in [6.45, 7) is 0. The lowest BCUT2D eigenvalue weighted by atomic mass is 10.2. The third-order valence-electron chi connectivity index (χ3n) is 2.80. The molecule has 0 aliphatic rings. The first-order valence-corrected chi connectivity index (χ1v) is 5.57. The molecule has 0 radical (unpaired) electrons. The van der Waals surface area contributed by atoms with Gasteiger partial charge in [-0.2, -0.15) is 5.10 Å². The van der Waals surface area contributed by atoms with E-state index in [1.165, 1.54) is 0 Å². The Morgan fingerprint density at radius 1 is 1.28 bits per heavy atom. The molecule has 0 saturated carbocycles. The fourth-order valence-electron chi connectivity index (χ4n) is 1.82. The van der Waals surface area contributed by atoms with Crippen molar-refractivity contribution in [1.29, 1.82) is 0 Å². The molecule has 0 atom stereocenters. The lowest BCUT2D eigenvalue weighted by Gasteiger charge is -2.02. The molecule has 0 spiro atoms. The highest BCUT2D eigenvalue weighted by atomic mass is 15.2. The average Bonchev–Trinajstić information content (AvgIpc) is 2.80. The molecular formula is C12H12N6. The lowest BCUT2D eigenvalue weighted by molar-refractivity contribution is 0.947. The van der Waals surface area contributed by atoms with Crippen LogP contribution in [0.4, 0.5) is 5.82 Å². The van der Waals surface area contributed by atoms with Gasteiger partial charge in [-0.3, -0.25) is 0 Å². The molecule has 18 heavy (non-hydrogen) atoms. The summed E-state index contributed by atoms with van der Waals surface area (Å²) < 4.78 is 1.97. The van der Waals surface area contributed by atoms with Crippen LogP contribution in [0.25, 0.3) is 22.4 Å². The Morgan fingerprint density at radius 3 is 3.00 bits per heavy atom. The van der Waals surface area contributed by atoms with Gasteiger partial charge in [0, 0.05) is 19.7 Å². The highest BCUT2D eigenvalue weighted by molar-refractivity contribution is 5.80. The van der Waals surface area contributed by atoms with Crippen molar-refractivity contribution in [3.8, 4) is 11.4 Å². The molecule has 3 rings (SSSR count). The van der Waals surface area contributed by atoms with Gasteiger partial charge < -0.3 is 9.88 Å². The first-order valence-electron chi connectivity index (χ1n) is 5.57. The topological polar surface area (TPSA) is 68.5 Å². The molecule has 1 aromatic carbocycles. The molecule has 0 saturated heterocycles. The molecule has 1 N–H and O–H groups in total. The van der Waals surface area contributed by atoms with E-state index in [2.05, 4.69) is 25.5 Å². The number of hydrogen-bond acceptors (Lipinski definition) is 5. The minimum absolute atomic E-state index is 0.592. The van der Waals surface area contributed by atoms with Crippen LogP contribution in [-0.2, 0) is 7.05 Å². The van der Waals surface area contributed by atoms with Gasteiger partial charge in [-0.15, -0.1) is 5.10 Å². The van der Waals surface area contributed by atoms with Crippen LogP contribution >= 0.6 is 0 Å². The van der Waals surface area contributed by atoms with Crippen LogP contribution in [0.3, 0.4) is 0 Å². The fraction of sp³-hybridized carbons (Fsp3) is 0.167. The van der Waals surface area contributed by atoms with Crippen molar-refractivity contribution in [2.75, 3.05) is 12.4 Å². The van der Waals surface area contributed by atoms with Gasteiger partial charge in [-0.05, 0) is 18.2 Å². The first-order chi connectivity index (χ1) is 8.78. The van der Waals surface area contributed by atoms with Crippen molar-refractivity contribution < 1.29 is 0 Å². The Hall–Kier alpha value is -2.50.